The second-order valence-electron chi connectivity index (χ2n) is 4.80. The van der Waals surface area contributed by atoms with Crippen LogP contribution < -0.4 is 0 Å². The first-order chi connectivity index (χ1) is 9.70. The van der Waals surface area contributed by atoms with Crippen molar-refractivity contribution in [3.8, 4) is 0 Å². The number of carbonyl (C=O) groups is 1. The van der Waals surface area contributed by atoms with Gasteiger partial charge in [0.2, 0.25) is 0 Å². The number of hydrogen-bond acceptors (Lipinski definition) is 6. The Labute approximate surface area is 116 Å². The van der Waals surface area contributed by atoms with E-state index >= 15 is 0 Å². The van der Waals surface area contributed by atoms with E-state index in [0.29, 0.717) is 5.56 Å². The number of esters is 1. The Morgan fingerprint density at radius 1 is 1.30 bits per heavy atom. The van der Waals surface area contributed by atoms with Crippen LogP contribution in [0.4, 0.5) is 0 Å². The van der Waals surface area contributed by atoms with Crippen LogP contribution in [0.25, 0.3) is 0 Å². The first-order valence-electron chi connectivity index (χ1n) is 6.44. The molecule has 3 rings (SSSR count). The van der Waals surface area contributed by atoms with Gasteiger partial charge in [0.25, 0.3) is 0 Å². The molecule has 1 aromatic carbocycles. The Hall–Kier alpha value is -1.47. The van der Waals surface area contributed by atoms with E-state index in [4.69, 9.17) is 18.9 Å². The van der Waals surface area contributed by atoms with Crippen molar-refractivity contribution in [1.29, 1.82) is 0 Å². The number of carbonyl (C=O) groups excluding carboxylic acids is 1. The maximum atomic E-state index is 12.0. The Morgan fingerprint density at radius 3 is 2.75 bits per heavy atom. The Bertz CT molecular complexity index is 476. The van der Waals surface area contributed by atoms with E-state index in [1.807, 2.05) is 6.07 Å². The minimum atomic E-state index is -1.06. The van der Waals surface area contributed by atoms with Gasteiger partial charge in [0.05, 0.1) is 12.2 Å². The van der Waals surface area contributed by atoms with Crippen LogP contribution in [0.2, 0.25) is 0 Å². The highest BCUT2D eigenvalue weighted by molar-refractivity contribution is 5.89. The average Bonchev–Trinajstić information content (AvgIpc) is 2.98. The molecule has 5 atom stereocenters. The van der Waals surface area contributed by atoms with E-state index < -0.39 is 36.7 Å². The molecule has 1 aromatic rings. The van der Waals surface area contributed by atoms with Crippen molar-refractivity contribution in [3.63, 3.8) is 0 Å². The van der Waals surface area contributed by atoms with E-state index in [1.165, 1.54) is 7.11 Å². The molecule has 0 amide bonds. The van der Waals surface area contributed by atoms with Crippen LogP contribution in [-0.2, 0) is 18.9 Å². The van der Waals surface area contributed by atoms with Gasteiger partial charge in [-0.05, 0) is 12.1 Å². The van der Waals surface area contributed by atoms with E-state index in [2.05, 4.69) is 0 Å². The number of methoxy groups -OCH3 is 1. The van der Waals surface area contributed by atoms with E-state index in [1.54, 1.807) is 24.3 Å². The molecule has 0 aliphatic carbocycles. The van der Waals surface area contributed by atoms with E-state index in [0.717, 1.165) is 0 Å². The molecular formula is C14H16O6. The fraction of sp³-hybridized carbons (Fsp3) is 0.500. The number of aliphatic hydroxyl groups excluding tert-OH is 1. The molecule has 0 aromatic heterocycles. The average molecular weight is 280 g/mol. The Morgan fingerprint density at radius 2 is 2.05 bits per heavy atom. The standard InChI is InChI=1S/C14H16O6/c1-17-12-11-10(20-14(12)16)9(7-18-11)19-13(15)8-5-3-2-4-6-8/h2-6,9-12,14,16H,7H2,1H3/t9-,10-,11+,12-,14+/m0/s1. The highest BCUT2D eigenvalue weighted by Crippen LogP contribution is 2.33. The summed E-state index contributed by atoms with van der Waals surface area (Å²) in [7, 11) is 1.48. The molecule has 20 heavy (non-hydrogen) atoms. The molecule has 0 unspecified atom stereocenters. The molecular weight excluding hydrogens is 264 g/mol. The van der Waals surface area contributed by atoms with Crippen LogP contribution in [-0.4, -0.2) is 55.5 Å². The molecule has 0 bridgehead atoms. The zero-order valence-electron chi connectivity index (χ0n) is 11.0. The Balaban J connectivity index is 1.67. The zero-order chi connectivity index (χ0) is 14.1. The summed E-state index contributed by atoms with van der Waals surface area (Å²) < 4.78 is 21.4. The van der Waals surface area contributed by atoms with Crippen LogP contribution in [0.3, 0.4) is 0 Å². The summed E-state index contributed by atoms with van der Waals surface area (Å²) in [6, 6.07) is 8.71. The van der Waals surface area contributed by atoms with Gasteiger partial charge in [-0.3, -0.25) is 0 Å². The molecule has 2 heterocycles. The van der Waals surface area contributed by atoms with Gasteiger partial charge in [0.1, 0.15) is 18.3 Å². The van der Waals surface area contributed by atoms with Crippen molar-refractivity contribution in [2.45, 2.75) is 30.7 Å². The van der Waals surface area contributed by atoms with E-state index in [9.17, 15) is 9.90 Å². The van der Waals surface area contributed by atoms with Crippen molar-refractivity contribution >= 4 is 5.97 Å². The molecule has 2 saturated heterocycles. The van der Waals surface area contributed by atoms with Gasteiger partial charge in [0, 0.05) is 7.11 Å². The van der Waals surface area contributed by atoms with Gasteiger partial charge in [-0.15, -0.1) is 0 Å². The predicted molar refractivity (Wildman–Crippen MR) is 67.1 cm³/mol. The smallest absolute Gasteiger partial charge is 0.338 e. The van der Waals surface area contributed by atoms with Crippen molar-refractivity contribution in [1.82, 2.24) is 0 Å². The van der Waals surface area contributed by atoms with Gasteiger partial charge in [-0.1, -0.05) is 18.2 Å². The highest BCUT2D eigenvalue weighted by Gasteiger charge is 2.54. The van der Waals surface area contributed by atoms with Crippen LogP contribution in [0.1, 0.15) is 10.4 Å². The summed E-state index contributed by atoms with van der Waals surface area (Å²) in [4.78, 5) is 12.0. The minimum absolute atomic E-state index is 0.237. The van der Waals surface area contributed by atoms with Crippen LogP contribution >= 0.6 is 0 Å². The van der Waals surface area contributed by atoms with Crippen LogP contribution in [0.5, 0.6) is 0 Å². The van der Waals surface area contributed by atoms with Gasteiger partial charge in [-0.25, -0.2) is 4.79 Å². The third-order valence-corrected chi connectivity index (χ3v) is 3.58. The maximum Gasteiger partial charge on any atom is 0.338 e. The maximum absolute atomic E-state index is 12.0. The quantitative estimate of drug-likeness (QED) is 0.805. The Kier molecular flexibility index (Phi) is 3.71. The first kappa shape index (κ1) is 13.5. The molecule has 2 aliphatic heterocycles. The number of rotatable bonds is 3. The summed E-state index contributed by atoms with van der Waals surface area (Å²) in [6.07, 6.45) is -3.07. The van der Waals surface area contributed by atoms with Crippen LogP contribution in [0.15, 0.2) is 30.3 Å². The summed E-state index contributed by atoms with van der Waals surface area (Å²) >= 11 is 0. The number of aliphatic hydroxyl groups is 1. The van der Waals surface area contributed by atoms with Gasteiger partial charge in [0.15, 0.2) is 12.4 Å². The molecule has 0 radical (unpaired) electrons. The number of fused-ring (bicyclic) bond motifs is 1. The first-order valence-corrected chi connectivity index (χ1v) is 6.44. The molecule has 2 aliphatic rings. The number of ether oxygens (including phenoxy) is 4. The lowest BCUT2D eigenvalue weighted by atomic mass is 10.1. The number of benzene rings is 1. The molecule has 0 saturated carbocycles. The molecule has 0 spiro atoms. The van der Waals surface area contributed by atoms with Crippen LogP contribution in [0, 0.1) is 0 Å². The normalized spacial score (nSPS) is 35.8. The molecule has 6 nitrogen and oxygen atoms in total. The lowest BCUT2D eigenvalue weighted by molar-refractivity contribution is -0.157. The van der Waals surface area contributed by atoms with E-state index in [-0.39, 0.29) is 6.61 Å². The van der Waals surface area contributed by atoms with Gasteiger partial charge in [-0.2, -0.15) is 0 Å². The largest absolute Gasteiger partial charge is 0.453 e. The van der Waals surface area contributed by atoms with Crippen molar-refractivity contribution in [2.75, 3.05) is 13.7 Å². The van der Waals surface area contributed by atoms with Crippen molar-refractivity contribution in [3.05, 3.63) is 35.9 Å². The molecule has 1 N–H and O–H groups in total. The monoisotopic (exact) mass is 280 g/mol. The third kappa shape index (κ3) is 2.31. The summed E-state index contributed by atoms with van der Waals surface area (Å²) in [5.74, 6) is -0.432. The summed E-state index contributed by atoms with van der Waals surface area (Å²) in [5.41, 5.74) is 0.470. The summed E-state index contributed by atoms with van der Waals surface area (Å²) in [6.45, 7) is 0.237. The fourth-order valence-electron chi connectivity index (χ4n) is 2.59. The second kappa shape index (κ2) is 5.49. The lowest BCUT2D eigenvalue weighted by Gasteiger charge is -2.17. The van der Waals surface area contributed by atoms with Crippen molar-refractivity contribution < 1.29 is 28.8 Å². The third-order valence-electron chi connectivity index (χ3n) is 3.58. The van der Waals surface area contributed by atoms with Crippen molar-refractivity contribution in [2.24, 2.45) is 0 Å². The zero-order valence-corrected chi connectivity index (χ0v) is 11.0. The second-order valence-corrected chi connectivity index (χ2v) is 4.80. The predicted octanol–water partition coefficient (Wildman–Crippen LogP) is 0.343. The minimum Gasteiger partial charge on any atom is -0.453 e. The number of hydrogen-bond donors (Lipinski definition) is 1. The van der Waals surface area contributed by atoms with Gasteiger partial charge < -0.3 is 24.1 Å². The molecule has 6 heteroatoms. The lowest BCUT2D eigenvalue weighted by Crippen LogP contribution is -2.35. The topological polar surface area (TPSA) is 74.2 Å². The highest BCUT2D eigenvalue weighted by atomic mass is 16.7. The van der Waals surface area contributed by atoms with Gasteiger partial charge >= 0.3 is 5.97 Å². The molecule has 108 valence electrons. The molecule has 2 fully saturated rings. The summed E-state index contributed by atoms with van der Waals surface area (Å²) in [5, 5.41) is 9.70. The SMILES string of the molecule is CO[C@H]1[C@@H]2OC[C@H](OC(=O)c3ccccc3)[C@@H]2O[C@H]1O. The fourth-order valence-corrected chi connectivity index (χ4v) is 2.59.